The summed E-state index contributed by atoms with van der Waals surface area (Å²) in [6.07, 6.45) is 0. The molecule has 0 amide bonds. The molecule has 1 fully saturated rings. The molecule has 0 N–H and O–H groups in total. The Hall–Kier alpha value is -2.43. The zero-order chi connectivity index (χ0) is 24.5. The number of rotatable bonds is 5. The first-order valence-electron chi connectivity index (χ1n) is 11.9. The maximum Gasteiger partial charge on any atom is 0.0534 e. The molecule has 6 heteroatoms. The summed E-state index contributed by atoms with van der Waals surface area (Å²) in [5, 5.41) is 2.27. The molecule has 1 aliphatic rings. The van der Waals surface area contributed by atoms with E-state index in [0.717, 1.165) is 64.7 Å². The van der Waals surface area contributed by atoms with Crippen molar-refractivity contribution in [3.8, 4) is 16.9 Å². The minimum atomic E-state index is 0.736. The van der Waals surface area contributed by atoms with Gasteiger partial charge in [-0.05, 0) is 85.1 Å². The van der Waals surface area contributed by atoms with Crippen LogP contribution in [-0.4, -0.2) is 35.6 Å². The number of aryl methyl sites for hydroxylation is 1. The largest absolute Gasteiger partial charge is 0.369 e. The minimum absolute atomic E-state index is 0.736. The fraction of sp³-hybridized carbons (Fsp3) is 0.241. The van der Waals surface area contributed by atoms with Gasteiger partial charge in [0.2, 0.25) is 0 Å². The summed E-state index contributed by atoms with van der Waals surface area (Å²) in [4.78, 5) is 4.99. The van der Waals surface area contributed by atoms with Crippen molar-refractivity contribution in [2.75, 3.05) is 31.1 Å². The van der Waals surface area contributed by atoms with E-state index in [-0.39, 0.29) is 0 Å². The first-order chi connectivity index (χ1) is 16.9. The predicted octanol–water partition coefficient (Wildman–Crippen LogP) is 8.04. The number of aromatic nitrogens is 1. The maximum absolute atomic E-state index is 6.27. The Balaban J connectivity index is 1.40. The predicted molar refractivity (Wildman–Crippen MR) is 150 cm³/mol. The van der Waals surface area contributed by atoms with Crippen molar-refractivity contribution >= 4 is 40.5 Å². The average Bonchev–Trinajstić information content (AvgIpc) is 3.18. The molecule has 0 saturated carbocycles. The number of hydrogen-bond acceptors (Lipinski definition) is 2. The summed E-state index contributed by atoms with van der Waals surface area (Å²) < 4.78 is 2.32. The van der Waals surface area contributed by atoms with Crippen LogP contribution in [0.25, 0.3) is 16.9 Å². The number of benzene rings is 3. The van der Waals surface area contributed by atoms with E-state index in [9.17, 15) is 0 Å². The Morgan fingerprint density at radius 2 is 1.29 bits per heavy atom. The van der Waals surface area contributed by atoms with Crippen LogP contribution in [0.1, 0.15) is 16.8 Å². The van der Waals surface area contributed by atoms with Crippen molar-refractivity contribution in [3.05, 3.63) is 105 Å². The van der Waals surface area contributed by atoms with E-state index in [4.69, 9.17) is 34.8 Å². The summed E-state index contributed by atoms with van der Waals surface area (Å²) in [5.74, 6) is 0. The van der Waals surface area contributed by atoms with Gasteiger partial charge in [-0.2, -0.15) is 0 Å². The van der Waals surface area contributed by atoms with Crippen LogP contribution >= 0.6 is 34.8 Å². The van der Waals surface area contributed by atoms with Gasteiger partial charge in [-0.15, -0.1) is 0 Å². The summed E-state index contributed by atoms with van der Waals surface area (Å²) >= 11 is 18.6. The number of piperazine rings is 1. The zero-order valence-electron chi connectivity index (χ0n) is 19.9. The molecule has 0 bridgehead atoms. The van der Waals surface area contributed by atoms with Crippen molar-refractivity contribution in [2.45, 2.75) is 20.4 Å². The molecule has 0 spiro atoms. The van der Waals surface area contributed by atoms with Gasteiger partial charge >= 0.3 is 0 Å². The third-order valence-electron chi connectivity index (χ3n) is 6.85. The lowest BCUT2D eigenvalue weighted by Crippen LogP contribution is -2.46. The molecule has 4 aromatic rings. The Bertz CT molecular complexity index is 1320. The molecule has 2 heterocycles. The molecule has 0 unspecified atom stereocenters. The van der Waals surface area contributed by atoms with Gasteiger partial charge < -0.3 is 9.47 Å². The number of anilines is 1. The standard InChI is InChI=1S/C29H28Cl3N3/c1-20-3-6-26(32)18-28(20)34-15-13-33(14-16-34)19-23-17-29(22-4-7-24(30)8-5-22)35(21(23)2)27-11-9-25(31)10-12-27/h3-12,17-18H,13-16,19H2,1-2H3. The summed E-state index contributed by atoms with van der Waals surface area (Å²) in [5.41, 5.74) is 8.48. The Morgan fingerprint density at radius 1 is 0.686 bits per heavy atom. The van der Waals surface area contributed by atoms with Crippen LogP contribution in [0, 0.1) is 13.8 Å². The lowest BCUT2D eigenvalue weighted by molar-refractivity contribution is 0.249. The first-order valence-corrected chi connectivity index (χ1v) is 13.0. The second-order valence-electron chi connectivity index (χ2n) is 9.15. The molecule has 35 heavy (non-hydrogen) atoms. The van der Waals surface area contributed by atoms with Gasteiger partial charge in [0.1, 0.15) is 0 Å². The molecular weight excluding hydrogens is 497 g/mol. The molecule has 5 rings (SSSR count). The fourth-order valence-electron chi connectivity index (χ4n) is 4.89. The quantitative estimate of drug-likeness (QED) is 0.262. The van der Waals surface area contributed by atoms with Crippen LogP contribution in [0.15, 0.2) is 72.8 Å². The molecule has 1 aromatic heterocycles. The lowest BCUT2D eigenvalue weighted by Gasteiger charge is -2.37. The van der Waals surface area contributed by atoms with Crippen LogP contribution in [0.3, 0.4) is 0 Å². The Kier molecular flexibility index (Phi) is 7.13. The first kappa shape index (κ1) is 24.3. The smallest absolute Gasteiger partial charge is 0.0534 e. The third-order valence-corrected chi connectivity index (χ3v) is 7.59. The van der Waals surface area contributed by atoms with E-state index in [1.165, 1.54) is 22.5 Å². The van der Waals surface area contributed by atoms with E-state index in [1.807, 2.05) is 30.3 Å². The highest BCUT2D eigenvalue weighted by atomic mass is 35.5. The Labute approximate surface area is 222 Å². The van der Waals surface area contributed by atoms with E-state index in [0.29, 0.717) is 0 Å². The molecule has 3 aromatic carbocycles. The van der Waals surface area contributed by atoms with Gasteiger partial charge in [-0.25, -0.2) is 0 Å². The topological polar surface area (TPSA) is 11.4 Å². The Morgan fingerprint density at radius 3 is 1.94 bits per heavy atom. The second-order valence-corrected chi connectivity index (χ2v) is 10.5. The van der Waals surface area contributed by atoms with E-state index < -0.39 is 0 Å². The highest BCUT2D eigenvalue weighted by Crippen LogP contribution is 2.32. The van der Waals surface area contributed by atoms with Gasteiger partial charge in [0.15, 0.2) is 0 Å². The average molecular weight is 525 g/mol. The SMILES string of the molecule is Cc1ccc(Cl)cc1N1CCN(Cc2cc(-c3ccc(Cl)cc3)n(-c3ccc(Cl)cc3)c2C)CC1. The van der Waals surface area contributed by atoms with E-state index >= 15 is 0 Å². The van der Waals surface area contributed by atoms with Crippen LogP contribution in [-0.2, 0) is 6.54 Å². The van der Waals surface area contributed by atoms with E-state index in [1.54, 1.807) is 0 Å². The number of nitrogens with zero attached hydrogens (tertiary/aromatic N) is 3. The lowest BCUT2D eigenvalue weighted by atomic mass is 10.1. The van der Waals surface area contributed by atoms with Gasteiger partial charge in [-0.3, -0.25) is 4.90 Å². The van der Waals surface area contributed by atoms with Crippen molar-refractivity contribution in [2.24, 2.45) is 0 Å². The van der Waals surface area contributed by atoms with Crippen LogP contribution in [0.5, 0.6) is 0 Å². The van der Waals surface area contributed by atoms with Crippen molar-refractivity contribution in [1.82, 2.24) is 9.47 Å². The van der Waals surface area contributed by atoms with Gasteiger partial charge in [0.05, 0.1) is 5.69 Å². The summed E-state index contributed by atoms with van der Waals surface area (Å²) in [6, 6.07) is 24.6. The third kappa shape index (κ3) is 5.24. The summed E-state index contributed by atoms with van der Waals surface area (Å²) in [6.45, 7) is 9.26. The van der Waals surface area contributed by atoms with Crippen molar-refractivity contribution in [3.63, 3.8) is 0 Å². The van der Waals surface area contributed by atoms with Crippen molar-refractivity contribution < 1.29 is 0 Å². The molecule has 3 nitrogen and oxygen atoms in total. The van der Waals surface area contributed by atoms with Crippen LogP contribution in [0.4, 0.5) is 5.69 Å². The molecule has 1 aliphatic heterocycles. The van der Waals surface area contributed by atoms with Crippen molar-refractivity contribution in [1.29, 1.82) is 0 Å². The molecule has 0 atom stereocenters. The van der Waals surface area contributed by atoms with Crippen LogP contribution < -0.4 is 4.90 Å². The monoisotopic (exact) mass is 523 g/mol. The number of halogens is 3. The highest BCUT2D eigenvalue weighted by molar-refractivity contribution is 6.31. The summed E-state index contributed by atoms with van der Waals surface area (Å²) in [7, 11) is 0. The second kappa shape index (κ2) is 10.3. The minimum Gasteiger partial charge on any atom is -0.369 e. The molecule has 0 aliphatic carbocycles. The maximum atomic E-state index is 6.27. The molecule has 180 valence electrons. The van der Waals surface area contributed by atoms with Gasteiger partial charge in [0, 0.05) is 64.9 Å². The van der Waals surface area contributed by atoms with E-state index in [2.05, 4.69) is 70.7 Å². The number of hydrogen-bond donors (Lipinski definition) is 0. The fourth-order valence-corrected chi connectivity index (χ4v) is 5.30. The molecular formula is C29H28Cl3N3. The van der Waals surface area contributed by atoms with Gasteiger partial charge in [0.25, 0.3) is 0 Å². The molecule has 0 radical (unpaired) electrons. The highest BCUT2D eigenvalue weighted by Gasteiger charge is 2.22. The normalized spacial score (nSPS) is 14.5. The van der Waals surface area contributed by atoms with Gasteiger partial charge in [-0.1, -0.05) is 53.0 Å². The zero-order valence-corrected chi connectivity index (χ0v) is 22.2. The van der Waals surface area contributed by atoms with Crippen LogP contribution in [0.2, 0.25) is 15.1 Å². The molecule has 1 saturated heterocycles.